The van der Waals surface area contributed by atoms with Crippen LogP contribution in [0.5, 0.6) is 0 Å². The number of likely N-dealkylation sites (tertiary alicyclic amines) is 1. The summed E-state index contributed by atoms with van der Waals surface area (Å²) in [6.07, 6.45) is 2.50. The average molecular weight is 198 g/mol. The highest BCUT2D eigenvalue weighted by molar-refractivity contribution is 5.77. The van der Waals surface area contributed by atoms with Crippen molar-refractivity contribution >= 4 is 5.96 Å². The molecule has 0 aromatic rings. The van der Waals surface area contributed by atoms with Gasteiger partial charge in [-0.15, -0.1) is 0 Å². The van der Waals surface area contributed by atoms with Crippen LogP contribution in [0.2, 0.25) is 0 Å². The number of nitrogens with two attached hydrogens (primary N) is 1. The van der Waals surface area contributed by atoms with Crippen molar-refractivity contribution in [1.29, 1.82) is 0 Å². The molecule has 82 valence electrons. The summed E-state index contributed by atoms with van der Waals surface area (Å²) in [5, 5.41) is 3.01. The van der Waals surface area contributed by atoms with Crippen LogP contribution in [0.3, 0.4) is 0 Å². The van der Waals surface area contributed by atoms with Gasteiger partial charge >= 0.3 is 0 Å². The zero-order valence-corrected chi connectivity index (χ0v) is 9.29. The Hall–Kier alpha value is -0.770. The van der Waals surface area contributed by atoms with Gasteiger partial charge in [0.05, 0.1) is 0 Å². The third kappa shape index (κ3) is 3.96. The van der Waals surface area contributed by atoms with Crippen LogP contribution in [0.1, 0.15) is 19.8 Å². The van der Waals surface area contributed by atoms with Crippen molar-refractivity contribution in [2.24, 2.45) is 16.6 Å². The summed E-state index contributed by atoms with van der Waals surface area (Å²) in [6, 6.07) is 0. The van der Waals surface area contributed by atoms with Crippen molar-refractivity contribution in [2.75, 3.05) is 33.2 Å². The largest absolute Gasteiger partial charge is 0.370 e. The van der Waals surface area contributed by atoms with Gasteiger partial charge in [-0.05, 0) is 45.8 Å². The van der Waals surface area contributed by atoms with E-state index in [0.717, 1.165) is 19.0 Å². The molecule has 0 saturated carbocycles. The smallest absolute Gasteiger partial charge is 0.188 e. The monoisotopic (exact) mass is 198 g/mol. The Morgan fingerprint density at radius 3 is 2.71 bits per heavy atom. The molecule has 1 rings (SSSR count). The second-order valence-corrected chi connectivity index (χ2v) is 4.00. The maximum Gasteiger partial charge on any atom is 0.188 e. The lowest BCUT2D eigenvalue weighted by molar-refractivity contribution is 0.223. The zero-order chi connectivity index (χ0) is 10.4. The van der Waals surface area contributed by atoms with Gasteiger partial charge in [-0.25, -0.2) is 0 Å². The van der Waals surface area contributed by atoms with E-state index in [9.17, 15) is 0 Å². The zero-order valence-electron chi connectivity index (χ0n) is 9.29. The lowest BCUT2D eigenvalue weighted by Crippen LogP contribution is -2.34. The van der Waals surface area contributed by atoms with Crippen LogP contribution in [0, 0.1) is 5.92 Å². The van der Waals surface area contributed by atoms with Gasteiger partial charge in [-0.3, -0.25) is 4.99 Å². The van der Waals surface area contributed by atoms with Gasteiger partial charge < -0.3 is 16.0 Å². The molecule has 0 radical (unpaired) electrons. The standard InChI is InChI=1S/C10H22N4/c1-3-12-10(11)13-8-9-4-6-14(2)7-5-9/h9H,3-8H2,1-2H3,(H3,11,12,13). The Balaban J connectivity index is 2.21. The second-order valence-electron chi connectivity index (χ2n) is 4.00. The minimum Gasteiger partial charge on any atom is -0.370 e. The Labute approximate surface area is 86.6 Å². The van der Waals surface area contributed by atoms with Gasteiger partial charge in [-0.1, -0.05) is 0 Å². The molecule has 0 bridgehead atoms. The lowest BCUT2D eigenvalue weighted by atomic mass is 9.97. The summed E-state index contributed by atoms with van der Waals surface area (Å²) in [7, 11) is 2.17. The maximum atomic E-state index is 5.66. The number of nitrogens with zero attached hydrogens (tertiary/aromatic N) is 2. The van der Waals surface area contributed by atoms with Gasteiger partial charge in [0.15, 0.2) is 5.96 Å². The van der Waals surface area contributed by atoms with E-state index in [0.29, 0.717) is 5.96 Å². The fourth-order valence-corrected chi connectivity index (χ4v) is 1.71. The van der Waals surface area contributed by atoms with Crippen molar-refractivity contribution < 1.29 is 0 Å². The summed E-state index contributed by atoms with van der Waals surface area (Å²) in [5.74, 6) is 1.31. The summed E-state index contributed by atoms with van der Waals surface area (Å²) >= 11 is 0. The Kier molecular flexibility index (Phi) is 4.73. The molecule has 1 aliphatic heterocycles. The molecule has 0 spiro atoms. The highest BCUT2D eigenvalue weighted by atomic mass is 15.1. The fraction of sp³-hybridized carbons (Fsp3) is 0.900. The van der Waals surface area contributed by atoms with Crippen molar-refractivity contribution in [3.8, 4) is 0 Å². The first-order chi connectivity index (χ1) is 6.72. The molecule has 0 atom stereocenters. The number of aliphatic imine (C=N–C) groups is 1. The quantitative estimate of drug-likeness (QED) is 0.505. The first kappa shape index (κ1) is 11.3. The highest BCUT2D eigenvalue weighted by Crippen LogP contribution is 2.15. The molecule has 0 aliphatic carbocycles. The predicted molar refractivity (Wildman–Crippen MR) is 60.4 cm³/mol. The van der Waals surface area contributed by atoms with Gasteiger partial charge in [-0.2, -0.15) is 0 Å². The van der Waals surface area contributed by atoms with Crippen LogP contribution in [0.15, 0.2) is 4.99 Å². The van der Waals surface area contributed by atoms with Crippen molar-refractivity contribution in [3.63, 3.8) is 0 Å². The van der Waals surface area contributed by atoms with Gasteiger partial charge in [0.2, 0.25) is 0 Å². The van der Waals surface area contributed by atoms with Gasteiger partial charge in [0, 0.05) is 13.1 Å². The van der Waals surface area contributed by atoms with Crippen molar-refractivity contribution in [1.82, 2.24) is 10.2 Å². The van der Waals surface area contributed by atoms with Crippen molar-refractivity contribution in [2.45, 2.75) is 19.8 Å². The highest BCUT2D eigenvalue weighted by Gasteiger charge is 2.15. The summed E-state index contributed by atoms with van der Waals surface area (Å²) in [4.78, 5) is 6.70. The number of hydrogen-bond donors (Lipinski definition) is 2. The normalized spacial score (nSPS) is 21.1. The van der Waals surface area contributed by atoms with Crippen LogP contribution in [0.4, 0.5) is 0 Å². The molecule has 0 unspecified atom stereocenters. The molecular weight excluding hydrogens is 176 g/mol. The maximum absolute atomic E-state index is 5.66. The number of nitrogens with one attached hydrogen (secondary N) is 1. The Morgan fingerprint density at radius 1 is 1.50 bits per heavy atom. The molecule has 1 fully saturated rings. The van der Waals surface area contributed by atoms with E-state index in [1.54, 1.807) is 0 Å². The van der Waals surface area contributed by atoms with Crippen LogP contribution in [0.25, 0.3) is 0 Å². The summed E-state index contributed by atoms with van der Waals surface area (Å²) in [6.45, 7) is 6.15. The van der Waals surface area contributed by atoms with Crippen LogP contribution < -0.4 is 11.1 Å². The molecule has 0 amide bonds. The van der Waals surface area contributed by atoms with E-state index >= 15 is 0 Å². The van der Waals surface area contributed by atoms with Gasteiger partial charge in [0.1, 0.15) is 0 Å². The number of hydrogen-bond acceptors (Lipinski definition) is 2. The van der Waals surface area contributed by atoms with Crippen LogP contribution in [-0.4, -0.2) is 44.1 Å². The van der Waals surface area contributed by atoms with Crippen molar-refractivity contribution in [3.05, 3.63) is 0 Å². The topological polar surface area (TPSA) is 53.6 Å². The molecular formula is C10H22N4. The third-order valence-electron chi connectivity index (χ3n) is 2.72. The molecule has 1 aliphatic rings. The molecule has 4 nitrogen and oxygen atoms in total. The van der Waals surface area contributed by atoms with E-state index in [-0.39, 0.29) is 0 Å². The van der Waals surface area contributed by atoms with E-state index in [1.165, 1.54) is 25.9 Å². The Morgan fingerprint density at radius 2 is 2.14 bits per heavy atom. The van der Waals surface area contributed by atoms with E-state index in [4.69, 9.17) is 5.73 Å². The predicted octanol–water partition coefficient (Wildman–Crippen LogP) is 0.252. The van der Waals surface area contributed by atoms with E-state index in [1.807, 2.05) is 6.92 Å². The molecule has 0 aromatic carbocycles. The summed E-state index contributed by atoms with van der Waals surface area (Å²) < 4.78 is 0. The summed E-state index contributed by atoms with van der Waals surface area (Å²) in [5.41, 5.74) is 5.66. The number of rotatable bonds is 3. The molecule has 1 heterocycles. The van der Waals surface area contributed by atoms with E-state index in [2.05, 4.69) is 22.3 Å². The first-order valence-corrected chi connectivity index (χ1v) is 5.44. The minimum atomic E-state index is 0.589. The molecule has 0 aromatic heterocycles. The minimum absolute atomic E-state index is 0.589. The SMILES string of the molecule is CCNC(N)=NCC1CCN(C)CC1. The second kappa shape index (κ2) is 5.86. The third-order valence-corrected chi connectivity index (χ3v) is 2.72. The molecule has 3 N–H and O–H groups in total. The number of guanidine groups is 1. The fourth-order valence-electron chi connectivity index (χ4n) is 1.71. The van der Waals surface area contributed by atoms with Gasteiger partial charge in [0.25, 0.3) is 0 Å². The number of piperidine rings is 1. The molecule has 1 saturated heterocycles. The first-order valence-electron chi connectivity index (χ1n) is 5.44. The molecule has 14 heavy (non-hydrogen) atoms. The Bertz CT molecular complexity index is 183. The molecule has 4 heteroatoms. The lowest BCUT2D eigenvalue weighted by Gasteiger charge is -2.27. The van der Waals surface area contributed by atoms with Crippen LogP contribution in [-0.2, 0) is 0 Å². The average Bonchev–Trinajstić information content (AvgIpc) is 2.17. The van der Waals surface area contributed by atoms with E-state index < -0.39 is 0 Å². The van der Waals surface area contributed by atoms with Crippen LogP contribution >= 0.6 is 0 Å².